The summed E-state index contributed by atoms with van der Waals surface area (Å²) in [6, 6.07) is 5.88. The van der Waals surface area contributed by atoms with Crippen LogP contribution in [0.3, 0.4) is 0 Å². The molecular formula is C17H17ClN4O. The molecule has 0 bridgehead atoms. The van der Waals surface area contributed by atoms with Crippen LogP contribution >= 0.6 is 11.6 Å². The van der Waals surface area contributed by atoms with Gasteiger partial charge in [-0.3, -0.25) is 9.88 Å². The fourth-order valence-electron chi connectivity index (χ4n) is 2.99. The van der Waals surface area contributed by atoms with Crippen LogP contribution in [-0.4, -0.2) is 32.7 Å². The highest BCUT2D eigenvalue weighted by Gasteiger charge is 2.21. The smallest absolute Gasteiger partial charge is 0.152 e. The molecule has 5 nitrogen and oxygen atoms in total. The minimum Gasteiger partial charge on any atom is -0.475 e. The molecule has 0 radical (unpaired) electrons. The summed E-state index contributed by atoms with van der Waals surface area (Å²) in [5.41, 5.74) is 1.96. The van der Waals surface area contributed by atoms with E-state index in [0.29, 0.717) is 6.73 Å². The summed E-state index contributed by atoms with van der Waals surface area (Å²) in [4.78, 5) is 10.8. The van der Waals surface area contributed by atoms with E-state index in [4.69, 9.17) is 16.3 Å². The molecular weight excluding hydrogens is 312 g/mol. The molecule has 0 amide bonds. The number of halogens is 1. The number of aromatic nitrogens is 3. The van der Waals surface area contributed by atoms with Crippen molar-refractivity contribution >= 4 is 22.5 Å². The maximum atomic E-state index is 6.39. The lowest BCUT2D eigenvalue weighted by Gasteiger charge is -2.29. The number of nitrogens with zero attached hydrogens (tertiary/aromatic N) is 4. The first-order chi connectivity index (χ1) is 11.3. The first-order valence-electron chi connectivity index (χ1n) is 7.68. The zero-order valence-corrected chi connectivity index (χ0v) is 13.4. The Morgan fingerprint density at radius 3 is 3.09 bits per heavy atom. The van der Waals surface area contributed by atoms with Crippen molar-refractivity contribution in [2.45, 2.75) is 19.5 Å². The molecule has 1 aliphatic heterocycles. The van der Waals surface area contributed by atoms with E-state index in [9.17, 15) is 0 Å². The Bertz CT molecular complexity index is 819. The van der Waals surface area contributed by atoms with Crippen LogP contribution in [0.15, 0.2) is 43.1 Å². The van der Waals surface area contributed by atoms with Gasteiger partial charge in [0.2, 0.25) is 0 Å². The Labute approximate surface area is 139 Å². The Hall–Kier alpha value is -2.11. The minimum absolute atomic E-state index is 0.588. The van der Waals surface area contributed by atoms with Gasteiger partial charge in [-0.1, -0.05) is 11.6 Å². The van der Waals surface area contributed by atoms with Gasteiger partial charge in [0, 0.05) is 49.2 Å². The highest BCUT2D eigenvalue weighted by Crippen LogP contribution is 2.36. The molecule has 3 aromatic rings. The zero-order chi connectivity index (χ0) is 15.6. The molecule has 0 fully saturated rings. The standard InChI is InChI=1S/C17H17ClN4O/c18-15-9-13-10-22(7-2-6-21-8-5-19-11-21)12-23-17(13)16-14(15)3-1-4-20-16/h1,3-5,8-9,11H,2,6-7,10,12H2. The van der Waals surface area contributed by atoms with E-state index in [0.717, 1.165) is 53.3 Å². The number of ether oxygens (including phenoxy) is 1. The average Bonchev–Trinajstić information content (AvgIpc) is 3.08. The molecule has 6 heteroatoms. The summed E-state index contributed by atoms with van der Waals surface area (Å²) in [5.74, 6) is 0.871. The zero-order valence-electron chi connectivity index (χ0n) is 12.7. The summed E-state index contributed by atoms with van der Waals surface area (Å²) in [5, 5.41) is 1.68. The quantitative estimate of drug-likeness (QED) is 0.737. The third-order valence-corrected chi connectivity index (χ3v) is 4.42. The lowest BCUT2D eigenvalue weighted by Crippen LogP contribution is -2.33. The van der Waals surface area contributed by atoms with Crippen molar-refractivity contribution in [1.82, 2.24) is 19.4 Å². The Balaban J connectivity index is 1.48. The maximum Gasteiger partial charge on any atom is 0.152 e. The monoisotopic (exact) mass is 328 g/mol. The highest BCUT2D eigenvalue weighted by molar-refractivity contribution is 6.35. The number of aryl methyl sites for hydroxylation is 1. The van der Waals surface area contributed by atoms with E-state index in [-0.39, 0.29) is 0 Å². The molecule has 0 aliphatic carbocycles. The number of benzene rings is 1. The Morgan fingerprint density at radius 1 is 1.26 bits per heavy atom. The van der Waals surface area contributed by atoms with Gasteiger partial charge < -0.3 is 9.30 Å². The van der Waals surface area contributed by atoms with Crippen LogP contribution in [0.2, 0.25) is 5.02 Å². The minimum atomic E-state index is 0.588. The van der Waals surface area contributed by atoms with Crippen molar-refractivity contribution in [1.29, 1.82) is 0 Å². The van der Waals surface area contributed by atoms with Crippen molar-refractivity contribution in [3.05, 3.63) is 53.7 Å². The fourth-order valence-corrected chi connectivity index (χ4v) is 3.27. The largest absolute Gasteiger partial charge is 0.475 e. The van der Waals surface area contributed by atoms with Crippen molar-refractivity contribution < 1.29 is 4.74 Å². The number of pyridine rings is 1. The molecule has 0 atom stereocenters. The van der Waals surface area contributed by atoms with E-state index in [2.05, 4.69) is 19.4 Å². The van der Waals surface area contributed by atoms with E-state index < -0.39 is 0 Å². The van der Waals surface area contributed by atoms with Crippen molar-refractivity contribution in [3.8, 4) is 5.75 Å². The molecule has 0 unspecified atom stereocenters. The Morgan fingerprint density at radius 2 is 2.22 bits per heavy atom. The highest BCUT2D eigenvalue weighted by atomic mass is 35.5. The molecule has 1 aromatic carbocycles. The molecule has 0 saturated heterocycles. The van der Waals surface area contributed by atoms with E-state index in [1.54, 1.807) is 12.4 Å². The van der Waals surface area contributed by atoms with Gasteiger partial charge in [-0.15, -0.1) is 0 Å². The van der Waals surface area contributed by atoms with Crippen LogP contribution in [-0.2, 0) is 13.1 Å². The number of fused-ring (bicyclic) bond motifs is 3. The first-order valence-corrected chi connectivity index (χ1v) is 8.06. The first kappa shape index (κ1) is 14.5. The van der Waals surface area contributed by atoms with Gasteiger partial charge in [0.25, 0.3) is 0 Å². The molecule has 118 valence electrons. The summed E-state index contributed by atoms with van der Waals surface area (Å²) in [7, 11) is 0. The van der Waals surface area contributed by atoms with Gasteiger partial charge in [0.05, 0.1) is 11.3 Å². The SMILES string of the molecule is Clc1cc2c(c3ncccc13)OCN(CCCn1ccnc1)C2. The van der Waals surface area contributed by atoms with Gasteiger partial charge in [-0.2, -0.15) is 0 Å². The predicted octanol–water partition coefficient (Wildman–Crippen LogP) is 3.33. The van der Waals surface area contributed by atoms with Crippen LogP contribution in [0, 0.1) is 0 Å². The normalized spacial score (nSPS) is 14.7. The van der Waals surface area contributed by atoms with Gasteiger partial charge in [-0.05, 0) is 24.6 Å². The summed E-state index contributed by atoms with van der Waals surface area (Å²) < 4.78 is 8.07. The molecule has 1 aliphatic rings. The summed E-state index contributed by atoms with van der Waals surface area (Å²) in [6.07, 6.45) is 8.47. The van der Waals surface area contributed by atoms with Gasteiger partial charge in [0.15, 0.2) is 5.75 Å². The predicted molar refractivity (Wildman–Crippen MR) is 89.5 cm³/mol. The lowest BCUT2D eigenvalue weighted by molar-refractivity contribution is 0.0945. The number of hydrogen-bond acceptors (Lipinski definition) is 4. The van der Waals surface area contributed by atoms with Crippen molar-refractivity contribution in [3.63, 3.8) is 0 Å². The van der Waals surface area contributed by atoms with Crippen LogP contribution in [0.5, 0.6) is 5.75 Å². The molecule has 2 aromatic heterocycles. The van der Waals surface area contributed by atoms with Crippen LogP contribution < -0.4 is 4.74 Å². The number of rotatable bonds is 4. The molecule has 4 rings (SSSR count). The molecule has 0 saturated carbocycles. The van der Waals surface area contributed by atoms with E-state index in [1.165, 1.54) is 0 Å². The molecule has 0 N–H and O–H groups in total. The topological polar surface area (TPSA) is 43.2 Å². The summed E-state index contributed by atoms with van der Waals surface area (Å²) in [6.45, 7) is 3.36. The fraction of sp³-hybridized carbons (Fsp3) is 0.294. The molecule has 0 spiro atoms. The van der Waals surface area contributed by atoms with Crippen LogP contribution in [0.4, 0.5) is 0 Å². The number of imidazole rings is 1. The second kappa shape index (κ2) is 6.18. The maximum absolute atomic E-state index is 6.39. The van der Waals surface area contributed by atoms with Gasteiger partial charge in [0.1, 0.15) is 12.2 Å². The average molecular weight is 329 g/mol. The molecule has 3 heterocycles. The van der Waals surface area contributed by atoms with E-state index in [1.807, 2.05) is 30.7 Å². The Kier molecular flexibility index (Phi) is 3.89. The van der Waals surface area contributed by atoms with Crippen LogP contribution in [0.1, 0.15) is 12.0 Å². The second-order valence-electron chi connectivity index (χ2n) is 5.73. The van der Waals surface area contributed by atoms with Crippen LogP contribution in [0.25, 0.3) is 10.9 Å². The molecule has 23 heavy (non-hydrogen) atoms. The van der Waals surface area contributed by atoms with Gasteiger partial charge in [-0.25, -0.2) is 4.98 Å². The van der Waals surface area contributed by atoms with Crippen molar-refractivity contribution in [2.24, 2.45) is 0 Å². The van der Waals surface area contributed by atoms with Gasteiger partial charge >= 0.3 is 0 Å². The lowest BCUT2D eigenvalue weighted by atomic mass is 10.1. The second-order valence-corrected chi connectivity index (χ2v) is 6.13. The third-order valence-electron chi connectivity index (χ3n) is 4.11. The van der Waals surface area contributed by atoms with E-state index >= 15 is 0 Å². The summed E-state index contributed by atoms with van der Waals surface area (Å²) >= 11 is 6.39. The third kappa shape index (κ3) is 2.90. The number of hydrogen-bond donors (Lipinski definition) is 0. The van der Waals surface area contributed by atoms with Crippen molar-refractivity contribution in [2.75, 3.05) is 13.3 Å².